The van der Waals surface area contributed by atoms with Crippen LogP contribution in [0.5, 0.6) is 0 Å². The number of nitrogens with zero attached hydrogens (tertiary/aromatic N) is 5. The monoisotopic (exact) mass is 314 g/mol. The van der Waals surface area contributed by atoms with Crippen LogP contribution in [-0.4, -0.2) is 65.1 Å². The maximum Gasteiger partial charge on any atom is 0.155 e. The van der Waals surface area contributed by atoms with E-state index in [2.05, 4.69) is 51.9 Å². The Bertz CT molecular complexity index is 591. The van der Waals surface area contributed by atoms with E-state index in [-0.39, 0.29) is 0 Å². The zero-order chi connectivity index (χ0) is 16.1. The summed E-state index contributed by atoms with van der Waals surface area (Å²) in [5.74, 6) is 0.830. The Labute approximate surface area is 137 Å². The minimum absolute atomic E-state index is 0.311. The van der Waals surface area contributed by atoms with Gasteiger partial charge in [-0.25, -0.2) is 9.67 Å². The highest BCUT2D eigenvalue weighted by molar-refractivity contribution is 5.50. The summed E-state index contributed by atoms with van der Waals surface area (Å²) in [6.45, 7) is 10.2. The highest BCUT2D eigenvalue weighted by atomic mass is 16.5. The second kappa shape index (κ2) is 7.57. The smallest absolute Gasteiger partial charge is 0.155 e. The molecule has 123 valence electrons. The van der Waals surface area contributed by atoms with Gasteiger partial charge in [0.2, 0.25) is 0 Å². The molecule has 0 spiro atoms. The maximum absolute atomic E-state index is 5.64. The molecule has 0 aliphatic carbocycles. The summed E-state index contributed by atoms with van der Waals surface area (Å²) in [6, 6.07) is 7.09. The molecule has 0 aromatic carbocycles. The minimum atomic E-state index is 0.311. The first-order valence-corrected chi connectivity index (χ1v) is 8.18. The number of aromatic nitrogens is 3. The SMILES string of the molecule is CC(C)OCCN1CCN(c2ccnc(-n3c[c]cn3)c2)CC1. The lowest BCUT2D eigenvalue weighted by Crippen LogP contribution is -2.47. The quantitative estimate of drug-likeness (QED) is 0.811. The molecule has 3 rings (SSSR count). The fraction of sp³-hybridized carbons (Fsp3) is 0.529. The Balaban J connectivity index is 1.55. The molecule has 3 heterocycles. The Morgan fingerprint density at radius 2 is 2.09 bits per heavy atom. The van der Waals surface area contributed by atoms with Crippen molar-refractivity contribution in [1.29, 1.82) is 0 Å². The first kappa shape index (κ1) is 16.0. The van der Waals surface area contributed by atoms with E-state index in [0.29, 0.717) is 6.10 Å². The Kier molecular flexibility index (Phi) is 5.25. The average Bonchev–Trinajstić information content (AvgIpc) is 3.10. The fourth-order valence-electron chi connectivity index (χ4n) is 2.73. The lowest BCUT2D eigenvalue weighted by Gasteiger charge is -2.36. The third-order valence-electron chi connectivity index (χ3n) is 4.01. The van der Waals surface area contributed by atoms with Gasteiger partial charge < -0.3 is 9.64 Å². The first-order valence-electron chi connectivity index (χ1n) is 8.18. The number of ether oxygens (including phenoxy) is 1. The van der Waals surface area contributed by atoms with E-state index in [1.807, 2.05) is 6.20 Å². The van der Waals surface area contributed by atoms with Crippen molar-refractivity contribution < 1.29 is 4.74 Å². The largest absolute Gasteiger partial charge is 0.377 e. The summed E-state index contributed by atoms with van der Waals surface area (Å²) in [6.07, 6.45) is 5.59. The number of pyridine rings is 1. The van der Waals surface area contributed by atoms with Crippen LogP contribution in [0.15, 0.2) is 30.7 Å². The van der Waals surface area contributed by atoms with Crippen molar-refractivity contribution in [1.82, 2.24) is 19.7 Å². The van der Waals surface area contributed by atoms with Crippen molar-refractivity contribution in [2.24, 2.45) is 0 Å². The van der Waals surface area contributed by atoms with Crippen LogP contribution < -0.4 is 4.90 Å². The van der Waals surface area contributed by atoms with Crippen LogP contribution >= 0.6 is 0 Å². The van der Waals surface area contributed by atoms with Gasteiger partial charge in [0, 0.05) is 62.9 Å². The number of hydrogen-bond donors (Lipinski definition) is 0. The topological polar surface area (TPSA) is 46.4 Å². The van der Waals surface area contributed by atoms with Crippen molar-refractivity contribution in [3.05, 3.63) is 36.8 Å². The molecule has 0 amide bonds. The van der Waals surface area contributed by atoms with Crippen molar-refractivity contribution in [3.8, 4) is 5.82 Å². The maximum atomic E-state index is 5.64. The molecule has 0 saturated carbocycles. The molecule has 1 aliphatic heterocycles. The molecule has 1 aliphatic rings. The molecule has 0 unspecified atom stereocenters. The van der Waals surface area contributed by atoms with Gasteiger partial charge in [0.25, 0.3) is 0 Å². The number of anilines is 1. The molecular weight excluding hydrogens is 290 g/mol. The zero-order valence-electron chi connectivity index (χ0n) is 13.9. The van der Waals surface area contributed by atoms with Gasteiger partial charge >= 0.3 is 0 Å². The Morgan fingerprint density at radius 1 is 1.26 bits per heavy atom. The molecule has 1 saturated heterocycles. The summed E-state index contributed by atoms with van der Waals surface area (Å²) in [7, 11) is 0. The fourth-order valence-corrected chi connectivity index (χ4v) is 2.73. The van der Waals surface area contributed by atoms with Gasteiger partial charge in [0.1, 0.15) is 0 Å². The molecule has 6 nitrogen and oxygen atoms in total. The molecule has 2 aromatic rings. The van der Waals surface area contributed by atoms with E-state index in [1.165, 1.54) is 5.69 Å². The van der Waals surface area contributed by atoms with Crippen LogP contribution in [-0.2, 0) is 4.74 Å². The van der Waals surface area contributed by atoms with E-state index in [0.717, 1.165) is 45.1 Å². The van der Waals surface area contributed by atoms with Crippen LogP contribution in [0.3, 0.4) is 0 Å². The highest BCUT2D eigenvalue weighted by Crippen LogP contribution is 2.18. The molecule has 1 radical (unpaired) electrons. The average molecular weight is 314 g/mol. The summed E-state index contributed by atoms with van der Waals surface area (Å²) in [4.78, 5) is 9.24. The van der Waals surface area contributed by atoms with Gasteiger partial charge in [0.15, 0.2) is 5.82 Å². The van der Waals surface area contributed by atoms with E-state index in [4.69, 9.17) is 4.74 Å². The predicted molar refractivity (Wildman–Crippen MR) is 89.9 cm³/mol. The first-order chi connectivity index (χ1) is 11.2. The van der Waals surface area contributed by atoms with Gasteiger partial charge in [-0.15, -0.1) is 0 Å². The third-order valence-corrected chi connectivity index (χ3v) is 4.01. The normalized spacial score (nSPS) is 16.2. The van der Waals surface area contributed by atoms with E-state index in [1.54, 1.807) is 17.1 Å². The number of rotatable bonds is 6. The van der Waals surface area contributed by atoms with Crippen molar-refractivity contribution in [3.63, 3.8) is 0 Å². The van der Waals surface area contributed by atoms with E-state index in [9.17, 15) is 0 Å². The summed E-state index contributed by atoms with van der Waals surface area (Å²) >= 11 is 0. The van der Waals surface area contributed by atoms with Gasteiger partial charge in [-0.05, 0) is 19.9 Å². The van der Waals surface area contributed by atoms with Gasteiger partial charge in [-0.2, -0.15) is 5.10 Å². The summed E-state index contributed by atoms with van der Waals surface area (Å²) < 4.78 is 7.38. The lowest BCUT2D eigenvalue weighted by atomic mass is 10.2. The Hall–Kier alpha value is -1.92. The van der Waals surface area contributed by atoms with Crippen LogP contribution in [0.2, 0.25) is 0 Å². The second-order valence-electron chi connectivity index (χ2n) is 6.01. The van der Waals surface area contributed by atoms with E-state index >= 15 is 0 Å². The Morgan fingerprint density at radius 3 is 2.78 bits per heavy atom. The van der Waals surface area contributed by atoms with Crippen LogP contribution in [0.1, 0.15) is 13.8 Å². The van der Waals surface area contributed by atoms with Gasteiger partial charge in [-0.1, -0.05) is 0 Å². The molecule has 2 aromatic heterocycles. The van der Waals surface area contributed by atoms with Gasteiger partial charge in [0.05, 0.1) is 18.9 Å². The third kappa shape index (κ3) is 4.30. The molecule has 6 heteroatoms. The molecule has 1 fully saturated rings. The van der Waals surface area contributed by atoms with Crippen molar-refractivity contribution in [2.75, 3.05) is 44.2 Å². The van der Waals surface area contributed by atoms with Gasteiger partial charge in [-0.3, -0.25) is 4.90 Å². The van der Waals surface area contributed by atoms with Crippen LogP contribution in [0, 0.1) is 6.07 Å². The highest BCUT2D eigenvalue weighted by Gasteiger charge is 2.17. The molecular formula is C17H24N5O. The summed E-state index contributed by atoms with van der Waals surface area (Å²) in [5.41, 5.74) is 1.20. The van der Waals surface area contributed by atoms with E-state index < -0.39 is 0 Å². The minimum Gasteiger partial charge on any atom is -0.377 e. The standard InChI is InChI=1S/C17H24N5O/c1-15(2)23-13-12-20-8-10-21(11-9-20)16-4-6-18-17(14-16)22-7-3-5-19-22/h4-7,14-15H,8-13H2,1-2H3. The van der Waals surface area contributed by atoms with Crippen molar-refractivity contribution >= 4 is 5.69 Å². The van der Waals surface area contributed by atoms with Crippen molar-refractivity contribution in [2.45, 2.75) is 20.0 Å². The van der Waals surface area contributed by atoms with Crippen LogP contribution in [0.25, 0.3) is 5.82 Å². The molecule has 0 atom stereocenters. The number of piperazine rings is 1. The molecule has 0 N–H and O–H groups in total. The number of hydrogen-bond acceptors (Lipinski definition) is 5. The lowest BCUT2D eigenvalue weighted by molar-refractivity contribution is 0.0579. The second-order valence-corrected chi connectivity index (χ2v) is 6.01. The summed E-state index contributed by atoms with van der Waals surface area (Å²) in [5, 5.41) is 4.19. The zero-order valence-corrected chi connectivity index (χ0v) is 13.9. The molecule has 0 bridgehead atoms. The van der Waals surface area contributed by atoms with Crippen LogP contribution in [0.4, 0.5) is 5.69 Å². The molecule has 23 heavy (non-hydrogen) atoms. The predicted octanol–water partition coefficient (Wildman–Crippen LogP) is 1.61.